The van der Waals surface area contributed by atoms with Crippen molar-refractivity contribution in [3.8, 4) is 17.4 Å². The Labute approximate surface area is 157 Å². The van der Waals surface area contributed by atoms with Crippen molar-refractivity contribution >= 4 is 11.5 Å². The molecule has 1 aliphatic heterocycles. The number of methoxy groups -OCH3 is 1. The molecule has 2 aromatic rings. The number of likely N-dealkylation sites (tertiary alicyclic amines) is 1. The van der Waals surface area contributed by atoms with E-state index in [1.54, 1.807) is 31.4 Å². The lowest BCUT2D eigenvalue weighted by Crippen LogP contribution is -2.42. The van der Waals surface area contributed by atoms with Crippen LogP contribution in [0.5, 0.6) is 17.4 Å². The lowest BCUT2D eigenvalue weighted by atomic mass is 10.0. The molecular weight excluding hydrogens is 350 g/mol. The molecule has 0 bridgehead atoms. The highest BCUT2D eigenvalue weighted by atomic mass is 16.6. The molecule has 0 N–H and O–H groups in total. The number of anilines is 1. The lowest BCUT2D eigenvalue weighted by Gasteiger charge is -2.35. The van der Waals surface area contributed by atoms with Crippen molar-refractivity contribution in [2.75, 3.05) is 39.2 Å². The van der Waals surface area contributed by atoms with Crippen molar-refractivity contribution < 1.29 is 14.4 Å². The molecule has 27 heavy (non-hydrogen) atoms. The summed E-state index contributed by atoms with van der Waals surface area (Å²) in [5.41, 5.74) is -0.227. The molecule has 9 heteroatoms. The van der Waals surface area contributed by atoms with Crippen LogP contribution in [0.15, 0.2) is 30.6 Å². The summed E-state index contributed by atoms with van der Waals surface area (Å²) in [5.74, 6) is 1.30. The molecule has 0 atom stereocenters. The largest absolute Gasteiger partial charge is 0.497 e. The first-order valence-corrected chi connectivity index (χ1v) is 8.72. The van der Waals surface area contributed by atoms with Gasteiger partial charge in [-0.3, -0.25) is 10.1 Å². The zero-order valence-electron chi connectivity index (χ0n) is 15.7. The smallest absolute Gasteiger partial charge is 0.373 e. The molecule has 1 saturated heterocycles. The highest BCUT2D eigenvalue weighted by molar-refractivity contribution is 5.63. The van der Waals surface area contributed by atoms with Crippen LogP contribution in [0.4, 0.5) is 11.5 Å². The molecule has 1 aliphatic rings. The summed E-state index contributed by atoms with van der Waals surface area (Å²) in [5, 5.41) is 11.8. The molecule has 3 rings (SSSR count). The Balaban J connectivity index is 1.88. The van der Waals surface area contributed by atoms with E-state index in [-0.39, 0.29) is 23.4 Å². The summed E-state index contributed by atoms with van der Waals surface area (Å²) < 4.78 is 10.8. The normalized spacial score (nSPS) is 15.4. The third-order valence-corrected chi connectivity index (χ3v) is 4.80. The van der Waals surface area contributed by atoms with Crippen LogP contribution in [0, 0.1) is 10.1 Å². The summed E-state index contributed by atoms with van der Waals surface area (Å²) >= 11 is 0. The van der Waals surface area contributed by atoms with Crippen molar-refractivity contribution in [3.05, 3.63) is 40.7 Å². The number of aromatic nitrogens is 2. The van der Waals surface area contributed by atoms with Gasteiger partial charge >= 0.3 is 11.6 Å². The van der Waals surface area contributed by atoms with Crippen molar-refractivity contribution in [3.63, 3.8) is 0 Å². The Morgan fingerprint density at radius 3 is 2.41 bits per heavy atom. The third kappa shape index (κ3) is 4.25. The molecule has 0 unspecified atom stereocenters. The standard InChI is InChI=1S/C18H23N5O4/c1-21-10-8-13(9-11-21)22(2)17-16(23(24)25)18(20-12-19-17)27-15-6-4-14(26-3)5-7-15/h4-7,12-13H,8-11H2,1-3H3. The molecule has 0 aliphatic carbocycles. The van der Waals surface area contributed by atoms with E-state index in [4.69, 9.17) is 9.47 Å². The molecule has 0 saturated carbocycles. The van der Waals surface area contributed by atoms with E-state index in [1.807, 2.05) is 11.9 Å². The Bertz CT molecular complexity index is 791. The monoisotopic (exact) mass is 373 g/mol. The second kappa shape index (κ2) is 8.17. The van der Waals surface area contributed by atoms with Gasteiger partial charge in [-0.1, -0.05) is 0 Å². The zero-order chi connectivity index (χ0) is 19.4. The number of hydrogen-bond acceptors (Lipinski definition) is 8. The molecule has 9 nitrogen and oxygen atoms in total. The predicted molar refractivity (Wildman–Crippen MR) is 101 cm³/mol. The Hall–Kier alpha value is -2.94. The highest BCUT2D eigenvalue weighted by Crippen LogP contribution is 2.37. The van der Waals surface area contributed by atoms with Gasteiger partial charge in [-0.25, -0.2) is 4.98 Å². The summed E-state index contributed by atoms with van der Waals surface area (Å²) in [4.78, 5) is 23.6. The first kappa shape index (κ1) is 18.8. The first-order chi connectivity index (χ1) is 13.0. The van der Waals surface area contributed by atoms with Gasteiger partial charge in [-0.05, 0) is 57.2 Å². The van der Waals surface area contributed by atoms with Gasteiger partial charge in [0, 0.05) is 13.1 Å². The van der Waals surface area contributed by atoms with Crippen LogP contribution in [0.2, 0.25) is 0 Å². The van der Waals surface area contributed by atoms with E-state index < -0.39 is 4.92 Å². The topological polar surface area (TPSA) is 93.9 Å². The van der Waals surface area contributed by atoms with Crippen LogP contribution in [0.3, 0.4) is 0 Å². The SMILES string of the molecule is COc1ccc(Oc2ncnc(N(C)C3CCN(C)CC3)c2[N+](=O)[O-])cc1. The maximum atomic E-state index is 11.8. The Morgan fingerprint density at radius 1 is 1.19 bits per heavy atom. The minimum atomic E-state index is -0.486. The number of piperidine rings is 1. The summed E-state index contributed by atoms with van der Waals surface area (Å²) in [7, 11) is 5.48. The molecule has 0 radical (unpaired) electrons. The number of hydrogen-bond donors (Lipinski definition) is 0. The quantitative estimate of drug-likeness (QED) is 0.563. The van der Waals surface area contributed by atoms with Crippen LogP contribution >= 0.6 is 0 Å². The van der Waals surface area contributed by atoms with E-state index in [0.717, 1.165) is 25.9 Å². The fourth-order valence-electron chi connectivity index (χ4n) is 3.16. The van der Waals surface area contributed by atoms with Gasteiger partial charge in [0.15, 0.2) is 0 Å². The third-order valence-electron chi connectivity index (χ3n) is 4.80. The van der Waals surface area contributed by atoms with Gasteiger partial charge < -0.3 is 19.3 Å². The van der Waals surface area contributed by atoms with E-state index in [1.165, 1.54) is 6.33 Å². The van der Waals surface area contributed by atoms with Gasteiger partial charge in [0.2, 0.25) is 5.82 Å². The maximum Gasteiger partial charge on any atom is 0.373 e. The molecule has 144 valence electrons. The average Bonchev–Trinajstić information content (AvgIpc) is 2.68. The van der Waals surface area contributed by atoms with Crippen LogP contribution < -0.4 is 14.4 Å². The van der Waals surface area contributed by atoms with Crippen molar-refractivity contribution in [1.82, 2.24) is 14.9 Å². The fraction of sp³-hybridized carbons (Fsp3) is 0.444. The zero-order valence-corrected chi connectivity index (χ0v) is 15.7. The van der Waals surface area contributed by atoms with E-state index in [9.17, 15) is 10.1 Å². The van der Waals surface area contributed by atoms with Crippen molar-refractivity contribution in [2.24, 2.45) is 0 Å². The van der Waals surface area contributed by atoms with Gasteiger partial charge in [0.1, 0.15) is 17.8 Å². The van der Waals surface area contributed by atoms with E-state index >= 15 is 0 Å². The van der Waals surface area contributed by atoms with Crippen molar-refractivity contribution in [1.29, 1.82) is 0 Å². The van der Waals surface area contributed by atoms with E-state index in [0.29, 0.717) is 11.5 Å². The second-order valence-corrected chi connectivity index (χ2v) is 6.53. The highest BCUT2D eigenvalue weighted by Gasteiger charge is 2.31. The van der Waals surface area contributed by atoms with Gasteiger partial charge in [-0.15, -0.1) is 0 Å². The number of nitrogens with zero attached hydrogens (tertiary/aromatic N) is 5. The number of nitro groups is 1. The average molecular weight is 373 g/mol. The van der Waals surface area contributed by atoms with Gasteiger partial charge in [-0.2, -0.15) is 4.98 Å². The first-order valence-electron chi connectivity index (χ1n) is 8.72. The summed E-state index contributed by atoms with van der Waals surface area (Å²) in [6.45, 7) is 1.90. The lowest BCUT2D eigenvalue weighted by molar-refractivity contribution is -0.385. The minimum Gasteiger partial charge on any atom is -0.497 e. The van der Waals surface area contributed by atoms with Crippen LogP contribution in [-0.2, 0) is 0 Å². The predicted octanol–water partition coefficient (Wildman–Crippen LogP) is 2.72. The van der Waals surface area contributed by atoms with Crippen LogP contribution in [0.1, 0.15) is 12.8 Å². The molecular formula is C18H23N5O4. The van der Waals surface area contributed by atoms with Crippen molar-refractivity contribution in [2.45, 2.75) is 18.9 Å². The number of rotatable bonds is 6. The Morgan fingerprint density at radius 2 is 1.81 bits per heavy atom. The summed E-state index contributed by atoms with van der Waals surface area (Å²) in [6.07, 6.45) is 3.14. The molecule has 0 amide bonds. The van der Waals surface area contributed by atoms with E-state index in [2.05, 4.69) is 21.9 Å². The minimum absolute atomic E-state index is 0.0741. The van der Waals surface area contributed by atoms with Crippen LogP contribution in [0.25, 0.3) is 0 Å². The molecule has 1 aromatic heterocycles. The fourth-order valence-corrected chi connectivity index (χ4v) is 3.16. The molecule has 0 spiro atoms. The number of benzene rings is 1. The van der Waals surface area contributed by atoms with Crippen LogP contribution in [-0.4, -0.2) is 60.1 Å². The maximum absolute atomic E-state index is 11.8. The molecule has 1 fully saturated rings. The molecule has 1 aromatic carbocycles. The van der Waals surface area contributed by atoms with Gasteiger partial charge in [0.05, 0.1) is 12.0 Å². The summed E-state index contributed by atoms with van der Waals surface area (Å²) in [6, 6.07) is 6.96. The Kier molecular flexibility index (Phi) is 5.70. The number of ether oxygens (including phenoxy) is 2. The molecule has 2 heterocycles. The van der Waals surface area contributed by atoms with Gasteiger partial charge in [0.25, 0.3) is 0 Å². The second-order valence-electron chi connectivity index (χ2n) is 6.53.